The third-order valence-electron chi connectivity index (χ3n) is 3.47. The minimum Gasteiger partial charge on any atom is -0.494 e. The second-order valence-corrected chi connectivity index (χ2v) is 4.91. The van der Waals surface area contributed by atoms with Crippen molar-refractivity contribution in [2.45, 2.75) is 20.4 Å². The second kappa shape index (κ2) is 6.43. The lowest BCUT2D eigenvalue weighted by Crippen LogP contribution is -1.93. The maximum Gasteiger partial charge on any atom is 0.230 e. The predicted molar refractivity (Wildman–Crippen MR) is 90.3 cm³/mol. The van der Waals surface area contributed by atoms with Crippen molar-refractivity contribution in [1.29, 1.82) is 0 Å². The van der Waals surface area contributed by atoms with E-state index in [1.54, 1.807) is 0 Å². The van der Waals surface area contributed by atoms with E-state index < -0.39 is 0 Å². The Morgan fingerprint density at radius 3 is 2.59 bits per heavy atom. The van der Waals surface area contributed by atoms with Crippen LogP contribution in [0.2, 0.25) is 0 Å². The zero-order valence-corrected chi connectivity index (χ0v) is 12.9. The van der Waals surface area contributed by atoms with Gasteiger partial charge in [-0.25, -0.2) is 9.98 Å². The van der Waals surface area contributed by atoms with Crippen molar-refractivity contribution in [2.75, 3.05) is 6.61 Å². The van der Waals surface area contributed by atoms with Crippen LogP contribution < -0.4 is 4.74 Å². The Morgan fingerprint density at radius 1 is 1.09 bits per heavy atom. The van der Waals surface area contributed by atoms with Crippen LogP contribution in [0.3, 0.4) is 0 Å². The number of rotatable bonds is 5. The highest BCUT2D eigenvalue weighted by molar-refractivity contribution is 5.83. The molecule has 3 aromatic rings. The Labute approximate surface area is 130 Å². The Morgan fingerprint density at radius 2 is 1.86 bits per heavy atom. The molecule has 22 heavy (non-hydrogen) atoms. The van der Waals surface area contributed by atoms with Gasteiger partial charge in [-0.05, 0) is 55.8 Å². The normalized spacial score (nSPS) is 11.4. The summed E-state index contributed by atoms with van der Waals surface area (Å²) in [5.41, 5.74) is 3.12. The van der Waals surface area contributed by atoms with Gasteiger partial charge in [0.2, 0.25) is 5.95 Å². The molecule has 0 amide bonds. The summed E-state index contributed by atoms with van der Waals surface area (Å²) in [5, 5.41) is 0. The fourth-order valence-electron chi connectivity index (χ4n) is 2.42. The minimum absolute atomic E-state index is 0.675. The van der Waals surface area contributed by atoms with E-state index in [-0.39, 0.29) is 0 Å². The van der Waals surface area contributed by atoms with Crippen LogP contribution in [0.25, 0.3) is 11.0 Å². The van der Waals surface area contributed by atoms with Gasteiger partial charge in [-0.3, -0.25) is 0 Å². The van der Waals surface area contributed by atoms with Gasteiger partial charge in [-0.2, -0.15) is 0 Å². The summed E-state index contributed by atoms with van der Waals surface area (Å²) >= 11 is 0. The molecule has 4 nitrogen and oxygen atoms in total. The van der Waals surface area contributed by atoms with E-state index in [9.17, 15) is 0 Å². The smallest absolute Gasteiger partial charge is 0.230 e. The molecule has 0 aliphatic rings. The maximum atomic E-state index is 5.44. The molecule has 0 saturated carbocycles. The van der Waals surface area contributed by atoms with Crippen LogP contribution in [-0.4, -0.2) is 22.4 Å². The van der Waals surface area contributed by atoms with Crippen molar-refractivity contribution in [3.05, 3.63) is 54.1 Å². The first kappa shape index (κ1) is 14.3. The molecule has 3 rings (SSSR count). The molecule has 4 heteroatoms. The molecule has 0 radical (unpaired) electrons. The summed E-state index contributed by atoms with van der Waals surface area (Å²) in [5.74, 6) is 1.61. The van der Waals surface area contributed by atoms with Crippen molar-refractivity contribution in [3.8, 4) is 5.75 Å². The number of hydrogen-bond donors (Lipinski definition) is 0. The zero-order chi connectivity index (χ0) is 15.4. The number of para-hydroxylation sites is 2. The van der Waals surface area contributed by atoms with Crippen molar-refractivity contribution in [1.82, 2.24) is 9.55 Å². The number of imidazole rings is 1. The van der Waals surface area contributed by atoms with E-state index in [1.807, 2.05) is 55.6 Å². The third kappa shape index (κ3) is 2.86. The zero-order valence-electron chi connectivity index (χ0n) is 12.9. The molecule has 0 aliphatic carbocycles. The number of hydrogen-bond acceptors (Lipinski definition) is 3. The molecule has 0 aliphatic heterocycles. The molecule has 0 atom stereocenters. The number of ether oxygens (including phenoxy) is 1. The van der Waals surface area contributed by atoms with Gasteiger partial charge in [0, 0.05) is 12.8 Å². The quantitative estimate of drug-likeness (QED) is 0.661. The van der Waals surface area contributed by atoms with Gasteiger partial charge in [-0.1, -0.05) is 12.1 Å². The number of aryl methyl sites for hydroxylation is 1. The molecule has 0 saturated heterocycles. The number of fused-ring (bicyclic) bond motifs is 1. The number of aliphatic imine (C=N–C) groups is 1. The van der Waals surface area contributed by atoms with Gasteiger partial charge in [0.15, 0.2) is 0 Å². The first-order valence-electron chi connectivity index (χ1n) is 7.54. The van der Waals surface area contributed by atoms with E-state index in [4.69, 9.17) is 4.74 Å². The molecule has 1 heterocycles. The largest absolute Gasteiger partial charge is 0.494 e. The van der Waals surface area contributed by atoms with E-state index in [1.165, 1.54) is 0 Å². The highest BCUT2D eigenvalue weighted by Crippen LogP contribution is 2.21. The molecule has 0 N–H and O–H groups in total. The van der Waals surface area contributed by atoms with Gasteiger partial charge >= 0.3 is 0 Å². The molecule has 1 aromatic heterocycles. The summed E-state index contributed by atoms with van der Waals surface area (Å²) in [4.78, 5) is 9.13. The first-order valence-corrected chi connectivity index (χ1v) is 7.54. The molecule has 0 unspecified atom stereocenters. The summed E-state index contributed by atoms with van der Waals surface area (Å²) in [7, 11) is 0. The van der Waals surface area contributed by atoms with Gasteiger partial charge < -0.3 is 9.30 Å². The van der Waals surface area contributed by atoms with Crippen LogP contribution in [0.5, 0.6) is 5.75 Å². The first-order chi connectivity index (χ1) is 10.8. The topological polar surface area (TPSA) is 39.4 Å². The third-order valence-corrected chi connectivity index (χ3v) is 3.47. The summed E-state index contributed by atoms with van der Waals surface area (Å²) in [6.45, 7) is 5.60. The SMILES string of the molecule is CCOc1ccc(/C=N/c2nc3ccccc3n2CC)cc1. The number of benzene rings is 2. The van der Waals surface area contributed by atoms with Crippen LogP contribution in [0, 0.1) is 0 Å². The maximum absolute atomic E-state index is 5.44. The molecule has 112 valence electrons. The summed E-state index contributed by atoms with van der Waals surface area (Å²) < 4.78 is 7.55. The summed E-state index contributed by atoms with van der Waals surface area (Å²) in [6, 6.07) is 16.0. The van der Waals surface area contributed by atoms with Crippen LogP contribution in [-0.2, 0) is 6.54 Å². The Balaban J connectivity index is 1.88. The summed E-state index contributed by atoms with van der Waals surface area (Å²) in [6.07, 6.45) is 1.84. The average Bonchev–Trinajstić information content (AvgIpc) is 2.92. The van der Waals surface area contributed by atoms with E-state index >= 15 is 0 Å². The fourth-order valence-corrected chi connectivity index (χ4v) is 2.42. The van der Waals surface area contributed by atoms with Gasteiger partial charge in [0.25, 0.3) is 0 Å². The van der Waals surface area contributed by atoms with Crippen LogP contribution >= 0.6 is 0 Å². The van der Waals surface area contributed by atoms with E-state index in [0.29, 0.717) is 6.61 Å². The molecule has 0 spiro atoms. The van der Waals surface area contributed by atoms with Gasteiger partial charge in [0.1, 0.15) is 5.75 Å². The van der Waals surface area contributed by atoms with E-state index in [2.05, 4.69) is 27.5 Å². The van der Waals surface area contributed by atoms with Crippen LogP contribution in [0.1, 0.15) is 19.4 Å². The second-order valence-electron chi connectivity index (χ2n) is 4.91. The Hall–Kier alpha value is -2.62. The van der Waals surface area contributed by atoms with Gasteiger partial charge in [-0.15, -0.1) is 0 Å². The number of aromatic nitrogens is 2. The Kier molecular flexibility index (Phi) is 4.19. The molecule has 0 bridgehead atoms. The highest BCUT2D eigenvalue weighted by Gasteiger charge is 2.06. The lowest BCUT2D eigenvalue weighted by atomic mass is 10.2. The molecule has 0 fully saturated rings. The van der Waals surface area contributed by atoms with E-state index in [0.717, 1.165) is 34.8 Å². The Bertz CT molecular complexity index is 788. The van der Waals surface area contributed by atoms with Crippen molar-refractivity contribution in [3.63, 3.8) is 0 Å². The average molecular weight is 293 g/mol. The fraction of sp³-hybridized carbons (Fsp3) is 0.222. The predicted octanol–water partition coefficient (Wildman–Crippen LogP) is 4.21. The highest BCUT2D eigenvalue weighted by atomic mass is 16.5. The lowest BCUT2D eigenvalue weighted by molar-refractivity contribution is 0.340. The van der Waals surface area contributed by atoms with Gasteiger partial charge in [0.05, 0.1) is 17.6 Å². The monoisotopic (exact) mass is 293 g/mol. The molecular weight excluding hydrogens is 274 g/mol. The number of nitrogens with zero attached hydrogens (tertiary/aromatic N) is 3. The lowest BCUT2D eigenvalue weighted by Gasteiger charge is -2.03. The molecular formula is C18H19N3O. The minimum atomic E-state index is 0.675. The molecule has 2 aromatic carbocycles. The van der Waals surface area contributed by atoms with Crippen molar-refractivity contribution >= 4 is 23.2 Å². The standard InChI is InChI=1S/C18H19N3O/c1-3-21-17-8-6-5-7-16(17)20-18(21)19-13-14-9-11-15(12-10-14)22-4-2/h5-13H,3-4H2,1-2H3/b19-13+. The van der Waals surface area contributed by atoms with Crippen molar-refractivity contribution < 1.29 is 4.74 Å². The van der Waals surface area contributed by atoms with Crippen LogP contribution in [0.15, 0.2) is 53.5 Å². The van der Waals surface area contributed by atoms with Crippen LogP contribution in [0.4, 0.5) is 5.95 Å². The van der Waals surface area contributed by atoms with Crippen molar-refractivity contribution in [2.24, 2.45) is 4.99 Å².